The molecule has 0 aliphatic carbocycles. The Hall–Kier alpha value is -1.33. The molecule has 11 nitrogen and oxygen atoms in total. The van der Waals surface area contributed by atoms with Crippen LogP contribution < -0.4 is 5.73 Å². The van der Waals surface area contributed by atoms with E-state index in [0.717, 1.165) is 0 Å². The van der Waals surface area contributed by atoms with Crippen molar-refractivity contribution in [1.29, 1.82) is 0 Å². The third kappa shape index (κ3) is 3.45. The molecule has 1 aliphatic heterocycles. The first-order valence-electron chi connectivity index (χ1n) is 6.44. The molecular weight excluding hydrogens is 353 g/mol. The van der Waals surface area contributed by atoms with Crippen LogP contribution in [0, 0.1) is 0 Å². The van der Waals surface area contributed by atoms with Gasteiger partial charge in [-0.1, -0.05) is 0 Å². The Balaban J connectivity index is 1.82. The Morgan fingerprint density at radius 1 is 1.52 bits per heavy atom. The van der Waals surface area contributed by atoms with E-state index < -0.39 is 32.9 Å². The van der Waals surface area contributed by atoms with Gasteiger partial charge in [-0.2, -0.15) is 9.97 Å². The molecule has 0 amide bonds. The lowest BCUT2D eigenvalue weighted by Gasteiger charge is -2.16. The summed E-state index contributed by atoms with van der Waals surface area (Å²) >= 11 is 5.78. The van der Waals surface area contributed by atoms with Gasteiger partial charge in [0.1, 0.15) is 17.8 Å². The minimum atomic E-state index is -4.64. The molecule has 23 heavy (non-hydrogen) atoms. The molecule has 0 aromatic carbocycles. The Kier molecular flexibility index (Phi) is 4.27. The fourth-order valence-electron chi connectivity index (χ4n) is 2.33. The number of aromatic nitrogens is 4. The SMILES string of the molecule is Nc1nc(Cl)nc2c1ncn2[C@@H]1CC(O)[C@H](COP(=O)(O)O)O1. The number of ether oxygens (including phenoxy) is 1. The number of aliphatic hydroxyl groups excluding tert-OH is 1. The molecule has 3 rings (SSSR count). The number of aliphatic hydroxyl groups is 1. The van der Waals surface area contributed by atoms with Crippen LogP contribution in [0.4, 0.5) is 5.82 Å². The lowest BCUT2D eigenvalue weighted by Crippen LogP contribution is -2.25. The quantitative estimate of drug-likeness (QED) is 0.421. The summed E-state index contributed by atoms with van der Waals surface area (Å²) in [5.41, 5.74) is 6.38. The molecule has 2 aromatic heterocycles. The molecule has 126 valence electrons. The van der Waals surface area contributed by atoms with Crippen LogP contribution >= 0.6 is 19.4 Å². The summed E-state index contributed by atoms with van der Waals surface area (Å²) in [7, 11) is -4.64. The van der Waals surface area contributed by atoms with Crippen LogP contribution in [0.25, 0.3) is 11.2 Å². The van der Waals surface area contributed by atoms with Crippen molar-refractivity contribution in [2.45, 2.75) is 24.9 Å². The number of nitrogens with zero attached hydrogens (tertiary/aromatic N) is 4. The first-order chi connectivity index (χ1) is 10.7. The zero-order valence-electron chi connectivity index (χ0n) is 11.5. The lowest BCUT2D eigenvalue weighted by molar-refractivity contribution is -0.0424. The van der Waals surface area contributed by atoms with E-state index in [1.165, 1.54) is 10.9 Å². The molecule has 0 bridgehead atoms. The Morgan fingerprint density at radius 3 is 2.96 bits per heavy atom. The largest absolute Gasteiger partial charge is 0.469 e. The second-order valence-electron chi connectivity index (χ2n) is 4.92. The van der Waals surface area contributed by atoms with Gasteiger partial charge in [0.15, 0.2) is 11.5 Å². The van der Waals surface area contributed by atoms with E-state index >= 15 is 0 Å². The van der Waals surface area contributed by atoms with E-state index in [9.17, 15) is 9.67 Å². The number of phosphoric acid groups is 1. The zero-order chi connectivity index (χ0) is 16.8. The summed E-state index contributed by atoms with van der Waals surface area (Å²) in [5.74, 6) is 0.110. The molecule has 0 spiro atoms. The number of imidazole rings is 1. The van der Waals surface area contributed by atoms with E-state index in [0.29, 0.717) is 11.2 Å². The highest BCUT2D eigenvalue weighted by atomic mass is 35.5. The van der Waals surface area contributed by atoms with Gasteiger partial charge in [0.2, 0.25) is 5.28 Å². The maximum absolute atomic E-state index is 10.7. The number of halogens is 1. The van der Waals surface area contributed by atoms with Crippen molar-refractivity contribution in [1.82, 2.24) is 19.5 Å². The number of fused-ring (bicyclic) bond motifs is 1. The van der Waals surface area contributed by atoms with Gasteiger partial charge < -0.3 is 25.4 Å². The standard InChI is InChI=1S/C10H13ClN5O6P/c11-10-14-8(12)7-9(15-10)16(3-13-7)6-1-4(17)5(22-6)2-21-23(18,19)20/h3-6,17H,1-2H2,(H2,12,14,15)(H2,18,19,20)/t4?,5-,6-/m0/s1. The van der Waals surface area contributed by atoms with E-state index in [-0.39, 0.29) is 17.5 Å². The number of anilines is 1. The van der Waals surface area contributed by atoms with Crippen molar-refractivity contribution in [2.75, 3.05) is 12.3 Å². The van der Waals surface area contributed by atoms with E-state index in [1.807, 2.05) is 0 Å². The molecular formula is C10H13ClN5O6P. The Labute approximate surface area is 134 Å². The van der Waals surface area contributed by atoms with Crippen molar-refractivity contribution in [3.05, 3.63) is 11.6 Å². The third-order valence-corrected chi connectivity index (χ3v) is 4.00. The molecule has 0 radical (unpaired) electrons. The number of nitrogens with two attached hydrogens (primary N) is 1. The highest BCUT2D eigenvalue weighted by molar-refractivity contribution is 7.46. The summed E-state index contributed by atoms with van der Waals surface area (Å²) in [6, 6.07) is 0. The van der Waals surface area contributed by atoms with Crippen LogP contribution in [0.15, 0.2) is 6.33 Å². The monoisotopic (exact) mass is 365 g/mol. The molecule has 3 atom stereocenters. The van der Waals surface area contributed by atoms with Crippen LogP contribution in [-0.2, 0) is 13.8 Å². The maximum Gasteiger partial charge on any atom is 0.469 e. The second kappa shape index (κ2) is 5.95. The van der Waals surface area contributed by atoms with Gasteiger partial charge in [0.05, 0.1) is 19.0 Å². The number of hydrogen-bond acceptors (Lipinski definition) is 8. The van der Waals surface area contributed by atoms with Crippen LogP contribution in [-0.4, -0.2) is 53.2 Å². The number of phosphoric ester groups is 1. The molecule has 1 fully saturated rings. The molecule has 0 saturated carbocycles. The predicted molar refractivity (Wildman–Crippen MR) is 77.3 cm³/mol. The molecule has 5 N–H and O–H groups in total. The molecule has 13 heteroatoms. The first-order valence-corrected chi connectivity index (χ1v) is 8.34. The number of nitrogen functional groups attached to an aromatic ring is 1. The van der Waals surface area contributed by atoms with Gasteiger partial charge in [-0.25, -0.2) is 9.55 Å². The van der Waals surface area contributed by atoms with Gasteiger partial charge in [-0.05, 0) is 11.6 Å². The molecule has 1 saturated heterocycles. The van der Waals surface area contributed by atoms with Gasteiger partial charge in [-0.3, -0.25) is 9.09 Å². The summed E-state index contributed by atoms with van der Waals surface area (Å²) in [4.78, 5) is 29.3. The van der Waals surface area contributed by atoms with Crippen LogP contribution in [0.3, 0.4) is 0 Å². The summed E-state index contributed by atoms with van der Waals surface area (Å²) in [6.45, 7) is -0.452. The summed E-state index contributed by atoms with van der Waals surface area (Å²) < 4.78 is 22.2. The van der Waals surface area contributed by atoms with Crippen molar-refractivity contribution in [3.63, 3.8) is 0 Å². The smallest absolute Gasteiger partial charge is 0.390 e. The number of rotatable bonds is 4. The average Bonchev–Trinajstić information content (AvgIpc) is 2.99. The third-order valence-electron chi connectivity index (χ3n) is 3.34. The molecule has 1 aliphatic rings. The van der Waals surface area contributed by atoms with Crippen molar-refractivity contribution >= 4 is 36.4 Å². The minimum absolute atomic E-state index is 0.0586. The summed E-state index contributed by atoms with van der Waals surface area (Å²) in [5, 5.41) is 9.90. The highest BCUT2D eigenvalue weighted by Gasteiger charge is 2.37. The topological polar surface area (TPSA) is 166 Å². The fourth-order valence-corrected chi connectivity index (χ4v) is 2.84. The van der Waals surface area contributed by atoms with Crippen molar-refractivity contribution in [2.24, 2.45) is 0 Å². The van der Waals surface area contributed by atoms with E-state index in [2.05, 4.69) is 19.5 Å². The van der Waals surface area contributed by atoms with Crippen molar-refractivity contribution in [3.8, 4) is 0 Å². The molecule has 1 unspecified atom stereocenters. The Morgan fingerprint density at radius 2 is 2.26 bits per heavy atom. The van der Waals surface area contributed by atoms with Crippen molar-refractivity contribution < 1.29 is 28.7 Å². The summed E-state index contributed by atoms with van der Waals surface area (Å²) in [6.07, 6.45) is -0.971. The highest BCUT2D eigenvalue weighted by Crippen LogP contribution is 2.38. The first kappa shape index (κ1) is 16.5. The second-order valence-corrected chi connectivity index (χ2v) is 6.50. The zero-order valence-corrected chi connectivity index (χ0v) is 13.1. The van der Waals surface area contributed by atoms with E-state index in [4.69, 9.17) is 31.9 Å². The van der Waals surface area contributed by atoms with Gasteiger partial charge in [0.25, 0.3) is 0 Å². The maximum atomic E-state index is 10.7. The number of hydrogen-bond donors (Lipinski definition) is 4. The van der Waals surface area contributed by atoms with Gasteiger partial charge >= 0.3 is 7.82 Å². The Bertz CT molecular complexity index is 780. The predicted octanol–water partition coefficient (Wildman–Crippen LogP) is -0.180. The average molecular weight is 366 g/mol. The van der Waals surface area contributed by atoms with Crippen LogP contribution in [0.2, 0.25) is 5.28 Å². The fraction of sp³-hybridized carbons (Fsp3) is 0.500. The molecule has 3 heterocycles. The van der Waals surface area contributed by atoms with Crippen LogP contribution in [0.5, 0.6) is 0 Å². The molecule has 2 aromatic rings. The van der Waals surface area contributed by atoms with Gasteiger partial charge in [0, 0.05) is 6.42 Å². The lowest BCUT2D eigenvalue weighted by atomic mass is 10.2. The normalized spacial score (nSPS) is 25.3. The van der Waals surface area contributed by atoms with Crippen LogP contribution in [0.1, 0.15) is 12.6 Å². The van der Waals surface area contributed by atoms with E-state index in [1.54, 1.807) is 0 Å². The minimum Gasteiger partial charge on any atom is -0.390 e. The van der Waals surface area contributed by atoms with Gasteiger partial charge in [-0.15, -0.1) is 0 Å².